The smallest absolute Gasteiger partial charge is 0.272 e. The third-order valence-electron chi connectivity index (χ3n) is 5.09. The molecule has 4 rings (SSSR count). The maximum atomic E-state index is 12.7. The Hall–Kier alpha value is -2.15. The minimum absolute atomic E-state index is 0.0617. The van der Waals surface area contributed by atoms with Crippen molar-refractivity contribution in [3.05, 3.63) is 52.8 Å². The monoisotopic (exact) mass is 387 g/mol. The number of carbonyl (C=O) groups excluding carboxylic acids is 1. The van der Waals surface area contributed by atoms with Crippen molar-refractivity contribution in [2.45, 2.75) is 25.6 Å². The van der Waals surface area contributed by atoms with Crippen molar-refractivity contribution in [1.29, 1.82) is 0 Å². The Morgan fingerprint density at radius 3 is 2.59 bits per heavy atom. The number of hydrogen-bond donors (Lipinski definition) is 1. The molecule has 27 heavy (non-hydrogen) atoms. The number of anilines is 2. The van der Waals surface area contributed by atoms with Gasteiger partial charge in [-0.2, -0.15) is 0 Å². The lowest BCUT2D eigenvalue weighted by molar-refractivity contribution is -0.181. The van der Waals surface area contributed by atoms with Gasteiger partial charge in [-0.25, -0.2) is 4.98 Å². The van der Waals surface area contributed by atoms with Crippen molar-refractivity contribution in [3.63, 3.8) is 0 Å². The molecule has 0 unspecified atom stereocenters. The third kappa shape index (κ3) is 3.93. The van der Waals surface area contributed by atoms with Gasteiger partial charge < -0.3 is 19.7 Å². The van der Waals surface area contributed by atoms with Gasteiger partial charge in [0.15, 0.2) is 5.79 Å². The first kappa shape index (κ1) is 18.2. The fourth-order valence-electron chi connectivity index (χ4n) is 3.48. The van der Waals surface area contributed by atoms with Crippen molar-refractivity contribution in [3.8, 4) is 0 Å². The molecule has 2 fully saturated rings. The minimum atomic E-state index is -0.479. The molecule has 142 valence electrons. The van der Waals surface area contributed by atoms with Crippen molar-refractivity contribution in [2.75, 3.05) is 31.6 Å². The molecule has 2 aliphatic heterocycles. The summed E-state index contributed by atoms with van der Waals surface area (Å²) in [5.74, 6) is -0.541. The second-order valence-corrected chi connectivity index (χ2v) is 7.35. The van der Waals surface area contributed by atoms with Crippen LogP contribution in [0.15, 0.2) is 36.5 Å². The molecule has 7 heteroatoms. The summed E-state index contributed by atoms with van der Waals surface area (Å²) < 4.78 is 11.4. The normalized spacial score (nSPS) is 18.7. The standard InChI is InChI=1S/C20H22ClN3O3/c1-14-2-3-15(21)12-18(14)23-16-4-5-17(22-13-16)19(25)24-8-6-20(7-9-24)26-10-11-27-20/h2-5,12-13,23H,6-11H2,1H3. The van der Waals surface area contributed by atoms with E-state index in [1.54, 1.807) is 12.3 Å². The predicted molar refractivity (Wildman–Crippen MR) is 103 cm³/mol. The zero-order valence-electron chi connectivity index (χ0n) is 15.2. The van der Waals surface area contributed by atoms with Crippen LogP contribution in [0, 0.1) is 6.92 Å². The number of piperidine rings is 1. The Kier molecular flexibility index (Phi) is 5.04. The van der Waals surface area contributed by atoms with Gasteiger partial charge in [-0.3, -0.25) is 4.79 Å². The molecule has 1 aromatic carbocycles. The lowest BCUT2D eigenvalue weighted by Gasteiger charge is -2.37. The summed E-state index contributed by atoms with van der Waals surface area (Å²) in [5.41, 5.74) is 3.24. The Morgan fingerprint density at radius 2 is 1.93 bits per heavy atom. The van der Waals surface area contributed by atoms with Gasteiger partial charge in [0.25, 0.3) is 5.91 Å². The zero-order chi connectivity index (χ0) is 18.9. The Balaban J connectivity index is 1.40. The molecule has 0 bridgehead atoms. The van der Waals surface area contributed by atoms with E-state index in [1.807, 2.05) is 36.1 Å². The highest BCUT2D eigenvalue weighted by molar-refractivity contribution is 6.30. The van der Waals surface area contributed by atoms with Crippen LogP contribution in [0.5, 0.6) is 0 Å². The highest BCUT2D eigenvalue weighted by Gasteiger charge is 2.40. The number of rotatable bonds is 3. The topological polar surface area (TPSA) is 63.7 Å². The van der Waals surface area contributed by atoms with E-state index in [-0.39, 0.29) is 5.91 Å². The average molecular weight is 388 g/mol. The van der Waals surface area contributed by atoms with E-state index in [2.05, 4.69) is 10.3 Å². The highest BCUT2D eigenvalue weighted by Crippen LogP contribution is 2.31. The van der Waals surface area contributed by atoms with E-state index in [4.69, 9.17) is 21.1 Å². The van der Waals surface area contributed by atoms with Gasteiger partial charge in [-0.15, -0.1) is 0 Å². The number of hydrogen-bond acceptors (Lipinski definition) is 5. The number of nitrogens with one attached hydrogen (secondary N) is 1. The zero-order valence-corrected chi connectivity index (χ0v) is 16.0. The summed E-state index contributed by atoms with van der Waals surface area (Å²) in [4.78, 5) is 18.9. The summed E-state index contributed by atoms with van der Waals surface area (Å²) >= 11 is 6.06. The molecule has 1 N–H and O–H groups in total. The van der Waals surface area contributed by atoms with Gasteiger partial charge in [0, 0.05) is 36.6 Å². The summed E-state index contributed by atoms with van der Waals surface area (Å²) in [7, 11) is 0. The van der Waals surface area contributed by atoms with Gasteiger partial charge in [-0.1, -0.05) is 17.7 Å². The minimum Gasteiger partial charge on any atom is -0.354 e. The first-order valence-electron chi connectivity index (χ1n) is 9.11. The van der Waals surface area contributed by atoms with Gasteiger partial charge >= 0.3 is 0 Å². The number of aryl methyl sites for hydroxylation is 1. The highest BCUT2D eigenvalue weighted by atomic mass is 35.5. The molecule has 2 saturated heterocycles. The fourth-order valence-corrected chi connectivity index (χ4v) is 3.65. The molecule has 0 atom stereocenters. The number of nitrogens with zero attached hydrogens (tertiary/aromatic N) is 2. The second kappa shape index (κ2) is 7.46. The van der Waals surface area contributed by atoms with E-state index in [1.165, 1.54) is 0 Å². The first-order valence-corrected chi connectivity index (χ1v) is 9.49. The molecule has 1 spiro atoms. The molecule has 1 amide bonds. The van der Waals surface area contributed by atoms with Crippen LogP contribution in [0.25, 0.3) is 0 Å². The molecule has 0 saturated carbocycles. The molecule has 3 heterocycles. The van der Waals surface area contributed by atoms with E-state index >= 15 is 0 Å². The number of likely N-dealkylation sites (tertiary alicyclic amines) is 1. The van der Waals surface area contributed by atoms with Crippen molar-refractivity contribution in [2.24, 2.45) is 0 Å². The third-order valence-corrected chi connectivity index (χ3v) is 5.32. The molecular formula is C20H22ClN3O3. The second-order valence-electron chi connectivity index (χ2n) is 6.92. The van der Waals surface area contributed by atoms with E-state index in [0.29, 0.717) is 49.9 Å². The molecular weight excluding hydrogens is 366 g/mol. The van der Waals surface area contributed by atoms with Crippen LogP contribution in [0.1, 0.15) is 28.9 Å². The van der Waals surface area contributed by atoms with Crippen LogP contribution in [0.2, 0.25) is 5.02 Å². The largest absolute Gasteiger partial charge is 0.354 e. The predicted octanol–water partition coefficient (Wildman–Crippen LogP) is 3.77. The van der Waals surface area contributed by atoms with Crippen LogP contribution in [-0.2, 0) is 9.47 Å². The Bertz CT molecular complexity index is 825. The fraction of sp³-hybridized carbons (Fsp3) is 0.400. The van der Waals surface area contributed by atoms with Crippen molar-refractivity contribution >= 4 is 28.9 Å². The SMILES string of the molecule is Cc1ccc(Cl)cc1Nc1ccc(C(=O)N2CCC3(CC2)OCCO3)nc1. The molecule has 0 aliphatic carbocycles. The van der Waals surface area contributed by atoms with Gasteiger partial charge in [0.05, 0.1) is 25.1 Å². The van der Waals surface area contributed by atoms with Gasteiger partial charge in [0.1, 0.15) is 5.69 Å². The van der Waals surface area contributed by atoms with Crippen molar-refractivity contribution < 1.29 is 14.3 Å². The first-order chi connectivity index (χ1) is 13.0. The molecule has 6 nitrogen and oxygen atoms in total. The quantitative estimate of drug-likeness (QED) is 0.868. The van der Waals surface area contributed by atoms with Crippen LogP contribution in [0.3, 0.4) is 0 Å². The lowest BCUT2D eigenvalue weighted by atomic mass is 10.0. The number of carbonyl (C=O) groups is 1. The lowest BCUT2D eigenvalue weighted by Crippen LogP contribution is -2.47. The van der Waals surface area contributed by atoms with E-state index in [0.717, 1.165) is 16.9 Å². The number of ether oxygens (including phenoxy) is 2. The average Bonchev–Trinajstić information content (AvgIpc) is 3.13. The van der Waals surface area contributed by atoms with Crippen LogP contribution < -0.4 is 5.32 Å². The number of aromatic nitrogens is 1. The van der Waals surface area contributed by atoms with Crippen LogP contribution >= 0.6 is 11.6 Å². The molecule has 2 aliphatic rings. The summed E-state index contributed by atoms with van der Waals surface area (Å²) in [6.45, 7) is 4.50. The summed E-state index contributed by atoms with van der Waals surface area (Å²) in [5, 5.41) is 3.95. The maximum absolute atomic E-state index is 12.7. The molecule has 2 aromatic rings. The van der Waals surface area contributed by atoms with Crippen molar-refractivity contribution in [1.82, 2.24) is 9.88 Å². The van der Waals surface area contributed by atoms with Gasteiger partial charge in [-0.05, 0) is 36.8 Å². The Morgan fingerprint density at radius 1 is 1.19 bits per heavy atom. The number of benzene rings is 1. The summed E-state index contributed by atoms with van der Waals surface area (Å²) in [6.07, 6.45) is 3.07. The van der Waals surface area contributed by atoms with Crippen LogP contribution in [-0.4, -0.2) is 47.9 Å². The van der Waals surface area contributed by atoms with E-state index < -0.39 is 5.79 Å². The van der Waals surface area contributed by atoms with Gasteiger partial charge in [0.2, 0.25) is 0 Å². The molecule has 0 radical (unpaired) electrons. The maximum Gasteiger partial charge on any atom is 0.272 e. The summed E-state index contributed by atoms with van der Waals surface area (Å²) in [6, 6.07) is 9.28. The number of amides is 1. The Labute approximate surface area is 163 Å². The van der Waals surface area contributed by atoms with E-state index in [9.17, 15) is 4.79 Å². The number of halogens is 1. The molecule has 1 aromatic heterocycles. The van der Waals surface area contributed by atoms with Crippen LogP contribution in [0.4, 0.5) is 11.4 Å². The number of pyridine rings is 1.